The Labute approximate surface area is 118 Å². The van der Waals surface area contributed by atoms with Gasteiger partial charge in [-0.2, -0.15) is 0 Å². The number of nitrogens with zero attached hydrogens (tertiary/aromatic N) is 4. The van der Waals surface area contributed by atoms with Crippen LogP contribution in [0.5, 0.6) is 0 Å². The second kappa shape index (κ2) is 5.53. The van der Waals surface area contributed by atoms with Crippen LogP contribution in [0.2, 0.25) is 0 Å². The molecule has 0 atom stereocenters. The summed E-state index contributed by atoms with van der Waals surface area (Å²) < 4.78 is 0. The molecular formula is C15H19N5. The SMILES string of the molecule is CCNc1nc(-c2ccnc(C)n2)nc2c1CCCC2. The van der Waals surface area contributed by atoms with Crippen LogP contribution in [0.1, 0.15) is 36.8 Å². The average molecular weight is 269 g/mol. The Hall–Kier alpha value is -2.04. The molecule has 0 saturated heterocycles. The molecule has 0 spiro atoms. The van der Waals surface area contributed by atoms with E-state index in [-0.39, 0.29) is 0 Å². The Morgan fingerprint density at radius 1 is 1.15 bits per heavy atom. The van der Waals surface area contributed by atoms with Crippen LogP contribution >= 0.6 is 0 Å². The van der Waals surface area contributed by atoms with E-state index >= 15 is 0 Å². The largest absolute Gasteiger partial charge is 0.370 e. The first-order valence-corrected chi connectivity index (χ1v) is 7.21. The van der Waals surface area contributed by atoms with E-state index in [0.29, 0.717) is 5.82 Å². The third-order valence-corrected chi connectivity index (χ3v) is 3.53. The number of fused-ring (bicyclic) bond motifs is 1. The molecule has 3 rings (SSSR count). The Bertz CT molecular complexity index is 624. The summed E-state index contributed by atoms with van der Waals surface area (Å²) in [4.78, 5) is 18.0. The maximum absolute atomic E-state index is 4.73. The monoisotopic (exact) mass is 269 g/mol. The molecule has 0 aliphatic heterocycles. The molecule has 2 heterocycles. The van der Waals surface area contributed by atoms with E-state index in [4.69, 9.17) is 4.98 Å². The summed E-state index contributed by atoms with van der Waals surface area (Å²) in [7, 11) is 0. The van der Waals surface area contributed by atoms with Gasteiger partial charge < -0.3 is 5.32 Å². The molecule has 2 aromatic rings. The zero-order valence-corrected chi connectivity index (χ0v) is 12.0. The summed E-state index contributed by atoms with van der Waals surface area (Å²) in [5.41, 5.74) is 3.26. The van der Waals surface area contributed by atoms with Gasteiger partial charge in [-0.25, -0.2) is 19.9 Å². The Morgan fingerprint density at radius 3 is 2.80 bits per heavy atom. The fourth-order valence-electron chi connectivity index (χ4n) is 2.60. The number of aromatic nitrogens is 4. The van der Waals surface area contributed by atoms with Gasteiger partial charge in [0.15, 0.2) is 5.82 Å². The first kappa shape index (κ1) is 13.0. The molecule has 0 fully saturated rings. The predicted molar refractivity (Wildman–Crippen MR) is 78.6 cm³/mol. The predicted octanol–water partition coefficient (Wildman–Crippen LogP) is 2.55. The highest BCUT2D eigenvalue weighted by Crippen LogP contribution is 2.27. The van der Waals surface area contributed by atoms with Crippen molar-refractivity contribution in [3.05, 3.63) is 29.3 Å². The first-order valence-electron chi connectivity index (χ1n) is 7.21. The van der Waals surface area contributed by atoms with Gasteiger partial charge in [-0.05, 0) is 45.6 Å². The molecule has 0 unspecified atom stereocenters. The highest BCUT2D eigenvalue weighted by Gasteiger charge is 2.18. The van der Waals surface area contributed by atoms with Crippen LogP contribution in [0, 0.1) is 6.92 Å². The van der Waals surface area contributed by atoms with Crippen molar-refractivity contribution in [2.24, 2.45) is 0 Å². The lowest BCUT2D eigenvalue weighted by Crippen LogP contribution is -2.13. The lowest BCUT2D eigenvalue weighted by molar-refractivity contribution is 0.664. The maximum atomic E-state index is 4.73. The molecule has 0 amide bonds. The second-order valence-corrected chi connectivity index (χ2v) is 5.05. The summed E-state index contributed by atoms with van der Waals surface area (Å²) in [6.07, 6.45) is 6.29. The van der Waals surface area contributed by atoms with Gasteiger partial charge in [0, 0.05) is 24.0 Å². The molecule has 0 saturated carbocycles. The topological polar surface area (TPSA) is 63.6 Å². The van der Waals surface area contributed by atoms with Crippen LogP contribution in [0.3, 0.4) is 0 Å². The minimum Gasteiger partial charge on any atom is -0.370 e. The Kier molecular flexibility index (Phi) is 3.58. The third kappa shape index (κ3) is 2.48. The fraction of sp³-hybridized carbons (Fsp3) is 0.467. The van der Waals surface area contributed by atoms with Crippen molar-refractivity contribution in [1.82, 2.24) is 19.9 Å². The van der Waals surface area contributed by atoms with Crippen LogP contribution in [0.15, 0.2) is 12.3 Å². The van der Waals surface area contributed by atoms with Gasteiger partial charge in [-0.15, -0.1) is 0 Å². The van der Waals surface area contributed by atoms with Gasteiger partial charge in [0.2, 0.25) is 0 Å². The van der Waals surface area contributed by atoms with Crippen LogP contribution in [-0.4, -0.2) is 26.5 Å². The van der Waals surface area contributed by atoms with E-state index in [1.54, 1.807) is 6.20 Å². The van der Waals surface area contributed by atoms with Gasteiger partial charge >= 0.3 is 0 Å². The average Bonchev–Trinajstić information content (AvgIpc) is 2.47. The standard InChI is InChI=1S/C15H19N5/c1-3-16-14-11-6-4-5-7-12(11)19-15(20-14)13-8-9-17-10(2)18-13/h8-9H,3-7H2,1-2H3,(H,16,19,20). The summed E-state index contributed by atoms with van der Waals surface area (Å²) in [5.74, 6) is 2.42. The molecular weight excluding hydrogens is 250 g/mol. The molecule has 0 radical (unpaired) electrons. The van der Waals surface area contributed by atoms with Crippen LogP contribution in [0.25, 0.3) is 11.5 Å². The molecule has 0 aromatic carbocycles. The van der Waals surface area contributed by atoms with Gasteiger partial charge in [0.25, 0.3) is 0 Å². The molecule has 5 nitrogen and oxygen atoms in total. The maximum Gasteiger partial charge on any atom is 0.180 e. The molecule has 2 aromatic heterocycles. The van der Waals surface area contributed by atoms with Crippen LogP contribution in [0.4, 0.5) is 5.82 Å². The minimum absolute atomic E-state index is 0.701. The Morgan fingerprint density at radius 2 is 2.00 bits per heavy atom. The fourth-order valence-corrected chi connectivity index (χ4v) is 2.60. The minimum atomic E-state index is 0.701. The third-order valence-electron chi connectivity index (χ3n) is 3.53. The van der Waals surface area contributed by atoms with Crippen LogP contribution < -0.4 is 5.32 Å². The van der Waals surface area contributed by atoms with Gasteiger partial charge in [-0.3, -0.25) is 0 Å². The van der Waals surface area contributed by atoms with Gasteiger partial charge in [0.05, 0.1) is 0 Å². The van der Waals surface area contributed by atoms with E-state index in [1.807, 2.05) is 13.0 Å². The summed E-state index contributed by atoms with van der Waals surface area (Å²) in [5, 5.41) is 3.37. The van der Waals surface area contributed by atoms with Crippen molar-refractivity contribution in [3.63, 3.8) is 0 Å². The zero-order chi connectivity index (χ0) is 13.9. The van der Waals surface area contributed by atoms with E-state index in [2.05, 4.69) is 27.2 Å². The molecule has 104 valence electrons. The number of rotatable bonds is 3. The van der Waals surface area contributed by atoms with Crippen molar-refractivity contribution in [2.75, 3.05) is 11.9 Å². The quantitative estimate of drug-likeness (QED) is 0.927. The summed E-state index contributed by atoms with van der Waals surface area (Å²) in [6.45, 7) is 4.84. The van der Waals surface area contributed by atoms with Gasteiger partial charge in [-0.1, -0.05) is 0 Å². The first-order chi connectivity index (χ1) is 9.78. The number of hydrogen-bond donors (Lipinski definition) is 1. The van der Waals surface area contributed by atoms with Crippen molar-refractivity contribution in [2.45, 2.75) is 39.5 Å². The molecule has 5 heteroatoms. The lowest BCUT2D eigenvalue weighted by atomic mass is 9.96. The van der Waals surface area contributed by atoms with Crippen molar-refractivity contribution in [3.8, 4) is 11.5 Å². The molecule has 0 bridgehead atoms. The van der Waals surface area contributed by atoms with E-state index in [1.165, 1.54) is 24.1 Å². The van der Waals surface area contributed by atoms with Crippen molar-refractivity contribution in [1.29, 1.82) is 0 Å². The van der Waals surface area contributed by atoms with E-state index in [9.17, 15) is 0 Å². The van der Waals surface area contributed by atoms with E-state index in [0.717, 1.165) is 36.7 Å². The lowest BCUT2D eigenvalue weighted by Gasteiger charge is -2.19. The summed E-state index contributed by atoms with van der Waals surface area (Å²) in [6, 6.07) is 1.87. The van der Waals surface area contributed by atoms with Crippen LogP contribution in [-0.2, 0) is 12.8 Å². The summed E-state index contributed by atoms with van der Waals surface area (Å²) >= 11 is 0. The van der Waals surface area contributed by atoms with E-state index < -0.39 is 0 Å². The normalized spacial score (nSPS) is 13.9. The smallest absolute Gasteiger partial charge is 0.180 e. The Balaban J connectivity index is 2.10. The molecule has 1 aliphatic carbocycles. The molecule has 20 heavy (non-hydrogen) atoms. The second-order valence-electron chi connectivity index (χ2n) is 5.05. The molecule has 1 N–H and O–H groups in total. The van der Waals surface area contributed by atoms with Crippen molar-refractivity contribution >= 4 is 5.82 Å². The van der Waals surface area contributed by atoms with Gasteiger partial charge in [0.1, 0.15) is 17.3 Å². The number of hydrogen-bond acceptors (Lipinski definition) is 5. The van der Waals surface area contributed by atoms with Crippen molar-refractivity contribution < 1.29 is 0 Å². The highest BCUT2D eigenvalue weighted by molar-refractivity contribution is 5.57. The highest BCUT2D eigenvalue weighted by atomic mass is 15.0. The number of aryl methyl sites for hydroxylation is 2. The zero-order valence-electron chi connectivity index (χ0n) is 12.0. The number of nitrogens with one attached hydrogen (secondary N) is 1. The molecule has 1 aliphatic rings. The number of anilines is 1.